The molecule has 35 heavy (non-hydrogen) atoms. The maximum Gasteiger partial charge on any atom is 0.192 e. The van der Waals surface area contributed by atoms with Gasteiger partial charge < -0.3 is 9.13 Å². The van der Waals surface area contributed by atoms with Crippen molar-refractivity contribution in [3.63, 3.8) is 0 Å². The molecule has 3 aromatic heterocycles. The summed E-state index contributed by atoms with van der Waals surface area (Å²) in [6.45, 7) is 6.79. The molecular formula is C27H32N6OS. The molecule has 0 aliphatic heterocycles. The van der Waals surface area contributed by atoms with Gasteiger partial charge in [0.15, 0.2) is 16.8 Å². The highest BCUT2D eigenvalue weighted by molar-refractivity contribution is 7.99. The van der Waals surface area contributed by atoms with Gasteiger partial charge in [0.1, 0.15) is 5.82 Å². The Morgan fingerprint density at radius 2 is 1.80 bits per heavy atom. The summed E-state index contributed by atoms with van der Waals surface area (Å²) in [6.07, 6.45) is 2.68. The van der Waals surface area contributed by atoms with E-state index in [1.54, 1.807) is 6.20 Å². The average molecular weight is 489 g/mol. The Morgan fingerprint density at radius 1 is 1.06 bits per heavy atom. The van der Waals surface area contributed by atoms with Gasteiger partial charge in [-0.15, -0.1) is 10.2 Å². The molecule has 0 saturated heterocycles. The van der Waals surface area contributed by atoms with E-state index in [4.69, 9.17) is 0 Å². The van der Waals surface area contributed by atoms with Crippen LogP contribution in [0.3, 0.4) is 0 Å². The second kappa shape index (κ2) is 11.0. The summed E-state index contributed by atoms with van der Waals surface area (Å²) < 4.78 is 4.18. The molecule has 8 heteroatoms. The Balaban J connectivity index is 1.59. The van der Waals surface area contributed by atoms with Crippen LogP contribution in [0.5, 0.6) is 0 Å². The number of nitrogens with zero attached hydrogens (tertiary/aromatic N) is 6. The molecule has 0 N–H and O–H groups in total. The molecule has 0 aliphatic rings. The second-order valence-electron chi connectivity index (χ2n) is 8.82. The minimum absolute atomic E-state index is 0.0701. The number of carbonyl (C=O) groups is 1. The van der Waals surface area contributed by atoms with E-state index in [1.165, 1.54) is 17.3 Å². The van der Waals surface area contributed by atoms with Crippen molar-refractivity contribution in [3.8, 4) is 5.82 Å². The van der Waals surface area contributed by atoms with E-state index in [-0.39, 0.29) is 17.6 Å². The molecule has 0 amide bonds. The van der Waals surface area contributed by atoms with Gasteiger partial charge in [-0.1, -0.05) is 55.1 Å². The zero-order chi connectivity index (χ0) is 24.9. The largest absolute Gasteiger partial charge is 0.302 e. The summed E-state index contributed by atoms with van der Waals surface area (Å²) in [5.41, 5.74) is 3.78. The normalized spacial score (nSPS) is 12.3. The molecule has 0 aliphatic carbocycles. The third-order valence-corrected chi connectivity index (χ3v) is 7.15. The predicted octanol–water partition coefficient (Wildman–Crippen LogP) is 5.12. The SMILES string of the molecule is CCC(c1nnc(SCC(=O)c2cc(C)n(-c3ccccn3)c2C)n1Cc1ccccc1)N(C)C. The van der Waals surface area contributed by atoms with Crippen molar-refractivity contribution in [3.05, 3.63) is 89.1 Å². The first-order valence-electron chi connectivity index (χ1n) is 11.8. The number of rotatable bonds is 10. The van der Waals surface area contributed by atoms with Gasteiger partial charge in [-0.3, -0.25) is 9.69 Å². The number of pyridine rings is 1. The molecule has 7 nitrogen and oxygen atoms in total. The molecule has 0 radical (unpaired) electrons. The molecule has 3 heterocycles. The quantitative estimate of drug-likeness (QED) is 0.228. The summed E-state index contributed by atoms with van der Waals surface area (Å²) in [6, 6.07) is 18.2. The molecule has 0 saturated carbocycles. The monoisotopic (exact) mass is 488 g/mol. The Morgan fingerprint density at radius 3 is 2.46 bits per heavy atom. The number of carbonyl (C=O) groups excluding carboxylic acids is 1. The maximum absolute atomic E-state index is 13.3. The summed E-state index contributed by atoms with van der Waals surface area (Å²) >= 11 is 1.45. The van der Waals surface area contributed by atoms with Crippen LogP contribution in [0.25, 0.3) is 5.82 Å². The van der Waals surface area contributed by atoms with E-state index in [0.29, 0.717) is 6.54 Å². The van der Waals surface area contributed by atoms with Crippen molar-refractivity contribution in [2.45, 2.75) is 44.9 Å². The minimum Gasteiger partial charge on any atom is -0.302 e. The lowest BCUT2D eigenvalue weighted by atomic mass is 10.2. The lowest BCUT2D eigenvalue weighted by Crippen LogP contribution is -2.23. The zero-order valence-corrected chi connectivity index (χ0v) is 21.8. The first kappa shape index (κ1) is 24.9. The number of hydrogen-bond acceptors (Lipinski definition) is 6. The molecule has 0 fully saturated rings. The van der Waals surface area contributed by atoms with Crippen molar-refractivity contribution in [2.75, 3.05) is 19.8 Å². The lowest BCUT2D eigenvalue weighted by molar-refractivity contribution is 0.102. The number of hydrogen-bond donors (Lipinski definition) is 0. The average Bonchev–Trinajstić information content (AvgIpc) is 3.38. The number of ketones is 1. The molecule has 4 rings (SSSR count). The van der Waals surface area contributed by atoms with E-state index in [1.807, 2.05) is 60.9 Å². The standard InChI is InChI=1S/C27H32N6OS/c1-6-23(31(4)5)26-29-30-27(32(26)17-21-12-8-7-9-13-21)35-18-24(34)22-16-19(2)33(20(22)3)25-14-10-11-15-28-25/h7-16,23H,6,17-18H2,1-5H3. The van der Waals surface area contributed by atoms with Gasteiger partial charge in [0, 0.05) is 23.1 Å². The van der Waals surface area contributed by atoms with Gasteiger partial charge in [-0.25, -0.2) is 4.98 Å². The van der Waals surface area contributed by atoms with Crippen molar-refractivity contribution in [1.29, 1.82) is 0 Å². The van der Waals surface area contributed by atoms with Crippen LogP contribution in [0.1, 0.15) is 52.5 Å². The van der Waals surface area contributed by atoms with Crippen molar-refractivity contribution in [1.82, 2.24) is 29.2 Å². The molecule has 4 aromatic rings. The maximum atomic E-state index is 13.3. The summed E-state index contributed by atoms with van der Waals surface area (Å²) in [7, 11) is 4.12. The fraction of sp³-hybridized carbons (Fsp3) is 0.333. The van der Waals surface area contributed by atoms with Gasteiger partial charge in [-0.2, -0.15) is 0 Å². The molecule has 182 valence electrons. The minimum atomic E-state index is 0.0701. The highest BCUT2D eigenvalue weighted by Gasteiger charge is 2.24. The molecular weight excluding hydrogens is 456 g/mol. The van der Waals surface area contributed by atoms with Crippen LogP contribution in [-0.4, -0.2) is 54.8 Å². The Labute approximate surface area is 211 Å². The van der Waals surface area contributed by atoms with Gasteiger partial charge in [-0.05, 0) is 58.1 Å². The van der Waals surface area contributed by atoms with E-state index in [9.17, 15) is 4.79 Å². The number of thioether (sulfide) groups is 1. The van der Waals surface area contributed by atoms with E-state index in [0.717, 1.165) is 40.2 Å². The Kier molecular flexibility index (Phi) is 7.83. The first-order valence-corrected chi connectivity index (χ1v) is 12.8. The molecule has 1 aromatic carbocycles. The molecule has 0 spiro atoms. The fourth-order valence-electron chi connectivity index (χ4n) is 4.44. The Hall–Kier alpha value is -3.23. The molecule has 0 bridgehead atoms. The third kappa shape index (κ3) is 5.39. The van der Waals surface area contributed by atoms with Crippen LogP contribution >= 0.6 is 11.8 Å². The summed E-state index contributed by atoms with van der Waals surface area (Å²) in [5, 5.41) is 9.82. The number of Topliss-reactive ketones (excluding diaryl/α,β-unsaturated/α-hetero) is 1. The third-order valence-electron chi connectivity index (χ3n) is 6.18. The van der Waals surface area contributed by atoms with E-state index < -0.39 is 0 Å². The Bertz CT molecular complexity index is 1280. The zero-order valence-electron chi connectivity index (χ0n) is 21.0. The van der Waals surface area contributed by atoms with E-state index in [2.05, 4.69) is 57.8 Å². The molecule has 1 unspecified atom stereocenters. The van der Waals surface area contributed by atoms with Crippen LogP contribution in [0.4, 0.5) is 0 Å². The smallest absolute Gasteiger partial charge is 0.192 e. The number of aromatic nitrogens is 5. The highest BCUT2D eigenvalue weighted by atomic mass is 32.2. The van der Waals surface area contributed by atoms with Crippen LogP contribution < -0.4 is 0 Å². The second-order valence-corrected chi connectivity index (χ2v) is 9.76. The van der Waals surface area contributed by atoms with Gasteiger partial charge in [0.05, 0.1) is 18.3 Å². The lowest BCUT2D eigenvalue weighted by Gasteiger charge is -2.23. The first-order chi connectivity index (χ1) is 16.9. The van der Waals surface area contributed by atoms with Gasteiger partial charge >= 0.3 is 0 Å². The predicted molar refractivity (Wildman–Crippen MR) is 140 cm³/mol. The van der Waals surface area contributed by atoms with E-state index >= 15 is 0 Å². The van der Waals surface area contributed by atoms with Crippen molar-refractivity contribution < 1.29 is 4.79 Å². The van der Waals surface area contributed by atoms with Crippen molar-refractivity contribution >= 4 is 17.5 Å². The van der Waals surface area contributed by atoms with Crippen LogP contribution in [0, 0.1) is 13.8 Å². The topological polar surface area (TPSA) is 68.8 Å². The summed E-state index contributed by atoms with van der Waals surface area (Å²) in [4.78, 5) is 19.9. The number of benzene rings is 1. The fourth-order valence-corrected chi connectivity index (χ4v) is 5.27. The van der Waals surface area contributed by atoms with Crippen molar-refractivity contribution in [2.24, 2.45) is 0 Å². The van der Waals surface area contributed by atoms with Crippen LogP contribution in [0.15, 0.2) is 66.0 Å². The summed E-state index contributed by atoms with van der Waals surface area (Å²) in [5.74, 6) is 2.10. The molecule has 1 atom stereocenters. The number of aryl methyl sites for hydroxylation is 1. The van der Waals surface area contributed by atoms with Crippen LogP contribution in [-0.2, 0) is 6.54 Å². The van der Waals surface area contributed by atoms with Gasteiger partial charge in [0.25, 0.3) is 0 Å². The van der Waals surface area contributed by atoms with Crippen LogP contribution in [0.2, 0.25) is 0 Å². The van der Waals surface area contributed by atoms with Gasteiger partial charge in [0.2, 0.25) is 0 Å². The highest BCUT2D eigenvalue weighted by Crippen LogP contribution is 2.28.